The minimum atomic E-state index is -0.587. The number of alkyl carbamates (subject to hydrolysis) is 1. The van der Waals surface area contributed by atoms with Crippen molar-refractivity contribution in [3.63, 3.8) is 0 Å². The lowest BCUT2D eigenvalue weighted by molar-refractivity contribution is -0.139. The number of carbonyl (C=O) groups excluding carboxylic acids is 2. The van der Waals surface area contributed by atoms with Crippen LogP contribution in [0.3, 0.4) is 0 Å². The third-order valence-corrected chi connectivity index (χ3v) is 5.83. The molecule has 1 unspecified atom stereocenters. The van der Waals surface area contributed by atoms with E-state index >= 15 is 0 Å². The van der Waals surface area contributed by atoms with Gasteiger partial charge in [0.05, 0.1) is 24.6 Å². The van der Waals surface area contributed by atoms with Crippen molar-refractivity contribution in [3.8, 4) is 5.75 Å². The number of esters is 1. The molecule has 0 fully saturated rings. The fourth-order valence-electron chi connectivity index (χ4n) is 3.42. The molecule has 0 bridgehead atoms. The summed E-state index contributed by atoms with van der Waals surface area (Å²) < 4.78 is 17.0. The first-order chi connectivity index (χ1) is 16.0. The summed E-state index contributed by atoms with van der Waals surface area (Å²) in [6.45, 7) is 8.22. The molecule has 186 valence electrons. The minimum Gasteiger partial charge on any atom is -0.492 e. The normalized spacial score (nSPS) is 12.1. The average molecular weight is 555 g/mol. The third kappa shape index (κ3) is 9.18. The van der Waals surface area contributed by atoms with E-state index in [2.05, 4.69) is 28.2 Å². The SMILES string of the molecule is CCCc1ccc(Cl)cc1C(CNC(=O)OC(C)(C)C)COc1ccc(CC(=O)OC)cc1Br. The molecule has 2 aromatic rings. The van der Waals surface area contributed by atoms with Crippen LogP contribution < -0.4 is 10.1 Å². The van der Waals surface area contributed by atoms with E-state index in [0.29, 0.717) is 23.9 Å². The number of benzene rings is 2. The van der Waals surface area contributed by atoms with Crippen LogP contribution in [0.2, 0.25) is 5.02 Å². The first-order valence-electron chi connectivity index (χ1n) is 11.3. The van der Waals surface area contributed by atoms with Crippen LogP contribution in [0.15, 0.2) is 40.9 Å². The summed E-state index contributed by atoms with van der Waals surface area (Å²) in [7, 11) is 1.36. The maximum absolute atomic E-state index is 12.3. The summed E-state index contributed by atoms with van der Waals surface area (Å²) in [4.78, 5) is 23.9. The third-order valence-electron chi connectivity index (χ3n) is 4.97. The zero-order valence-electron chi connectivity index (χ0n) is 20.4. The van der Waals surface area contributed by atoms with E-state index in [1.165, 1.54) is 12.7 Å². The van der Waals surface area contributed by atoms with Gasteiger partial charge in [-0.2, -0.15) is 0 Å². The van der Waals surface area contributed by atoms with Crippen LogP contribution in [0, 0.1) is 0 Å². The molecule has 1 N–H and O–H groups in total. The fourth-order valence-corrected chi connectivity index (χ4v) is 4.14. The predicted molar refractivity (Wildman–Crippen MR) is 138 cm³/mol. The van der Waals surface area contributed by atoms with Gasteiger partial charge >= 0.3 is 12.1 Å². The molecule has 1 atom stereocenters. The Kier molecular flexibility index (Phi) is 10.7. The van der Waals surface area contributed by atoms with Crippen LogP contribution >= 0.6 is 27.5 Å². The number of halogens is 2. The monoisotopic (exact) mass is 553 g/mol. The van der Waals surface area contributed by atoms with Gasteiger partial charge in [-0.1, -0.05) is 37.1 Å². The standard InChI is InChI=1S/C26H33BrClNO5/c1-6-7-18-9-10-20(28)14-21(18)19(15-29-25(31)34-26(2,3)4)16-33-23-11-8-17(12-22(23)27)13-24(30)32-5/h8-12,14,19H,6-7,13,15-16H2,1-5H3,(H,29,31). The van der Waals surface area contributed by atoms with Gasteiger partial charge in [-0.05, 0) is 84.1 Å². The highest BCUT2D eigenvalue weighted by atomic mass is 79.9. The van der Waals surface area contributed by atoms with E-state index in [9.17, 15) is 9.59 Å². The second-order valence-corrected chi connectivity index (χ2v) is 10.3. The lowest BCUT2D eigenvalue weighted by Crippen LogP contribution is -2.36. The Bertz CT molecular complexity index is 990. The van der Waals surface area contributed by atoms with E-state index in [1.54, 1.807) is 0 Å². The van der Waals surface area contributed by atoms with Crippen LogP contribution in [-0.2, 0) is 27.1 Å². The van der Waals surface area contributed by atoms with Crippen molar-refractivity contribution in [2.24, 2.45) is 0 Å². The number of ether oxygens (including phenoxy) is 3. The molecule has 6 nitrogen and oxygen atoms in total. The van der Waals surface area contributed by atoms with Gasteiger partial charge in [0.1, 0.15) is 11.4 Å². The van der Waals surface area contributed by atoms with E-state index in [1.807, 2.05) is 57.2 Å². The summed E-state index contributed by atoms with van der Waals surface area (Å²) in [6.07, 6.45) is 1.57. The second-order valence-electron chi connectivity index (χ2n) is 9.00. The van der Waals surface area contributed by atoms with Gasteiger partial charge in [0, 0.05) is 17.5 Å². The topological polar surface area (TPSA) is 73.9 Å². The number of amides is 1. The summed E-state index contributed by atoms with van der Waals surface area (Å²) >= 11 is 9.85. The highest BCUT2D eigenvalue weighted by Gasteiger charge is 2.21. The lowest BCUT2D eigenvalue weighted by atomic mass is 9.92. The summed E-state index contributed by atoms with van der Waals surface area (Å²) in [5, 5.41) is 3.50. The first kappa shape index (κ1) is 28.0. The maximum Gasteiger partial charge on any atom is 0.407 e. The molecule has 0 saturated heterocycles. The number of methoxy groups -OCH3 is 1. The number of hydrogen-bond acceptors (Lipinski definition) is 5. The van der Waals surface area contributed by atoms with Gasteiger partial charge in [0.15, 0.2) is 0 Å². The number of nitrogens with one attached hydrogen (secondary N) is 1. The van der Waals surface area contributed by atoms with Crippen LogP contribution in [0.5, 0.6) is 5.75 Å². The molecule has 2 rings (SSSR count). The molecule has 8 heteroatoms. The number of hydrogen-bond donors (Lipinski definition) is 1. The van der Waals surface area contributed by atoms with Crippen molar-refractivity contribution in [1.29, 1.82) is 0 Å². The Morgan fingerprint density at radius 3 is 2.50 bits per heavy atom. The smallest absolute Gasteiger partial charge is 0.407 e. The Morgan fingerprint density at radius 1 is 1.15 bits per heavy atom. The number of carbonyl (C=O) groups is 2. The van der Waals surface area contributed by atoms with Crippen molar-refractivity contribution in [1.82, 2.24) is 5.32 Å². The van der Waals surface area contributed by atoms with Gasteiger partial charge < -0.3 is 19.5 Å². The predicted octanol–water partition coefficient (Wildman–Crippen LogP) is 6.46. The number of rotatable bonds is 10. The molecule has 1 amide bonds. The Morgan fingerprint density at radius 2 is 1.88 bits per heavy atom. The summed E-state index contributed by atoms with van der Waals surface area (Å²) in [6, 6.07) is 11.3. The van der Waals surface area contributed by atoms with Crippen molar-refractivity contribution >= 4 is 39.6 Å². The van der Waals surface area contributed by atoms with Crippen LogP contribution in [-0.4, -0.2) is 37.9 Å². The Balaban J connectivity index is 2.22. The van der Waals surface area contributed by atoms with Gasteiger partial charge in [-0.25, -0.2) is 4.79 Å². The first-order valence-corrected chi connectivity index (χ1v) is 12.4. The van der Waals surface area contributed by atoms with E-state index in [0.717, 1.165) is 28.4 Å². The molecule has 0 aromatic heterocycles. The fraction of sp³-hybridized carbons (Fsp3) is 0.462. The largest absolute Gasteiger partial charge is 0.492 e. The molecule has 2 aromatic carbocycles. The molecule has 0 saturated carbocycles. The van der Waals surface area contributed by atoms with Crippen molar-refractivity contribution < 1.29 is 23.8 Å². The van der Waals surface area contributed by atoms with Crippen LogP contribution in [0.25, 0.3) is 0 Å². The van der Waals surface area contributed by atoms with E-state index in [4.69, 9.17) is 25.8 Å². The lowest BCUT2D eigenvalue weighted by Gasteiger charge is -2.24. The van der Waals surface area contributed by atoms with Crippen molar-refractivity contribution in [2.45, 2.75) is 58.5 Å². The average Bonchev–Trinajstić information content (AvgIpc) is 2.75. The zero-order valence-corrected chi connectivity index (χ0v) is 22.7. The Labute approximate surface area is 215 Å². The minimum absolute atomic E-state index is 0.158. The highest BCUT2D eigenvalue weighted by molar-refractivity contribution is 9.10. The second kappa shape index (κ2) is 13.0. The quantitative estimate of drug-likeness (QED) is 0.341. The maximum atomic E-state index is 12.3. The molecular weight excluding hydrogens is 522 g/mol. The van der Waals surface area contributed by atoms with Crippen molar-refractivity contribution in [2.75, 3.05) is 20.3 Å². The van der Waals surface area contributed by atoms with Gasteiger partial charge in [-0.15, -0.1) is 0 Å². The molecule has 0 aliphatic rings. The number of aryl methyl sites for hydroxylation is 1. The molecule has 0 aliphatic heterocycles. The van der Waals surface area contributed by atoms with Gasteiger partial charge in [-0.3, -0.25) is 4.79 Å². The Hall–Kier alpha value is -2.25. The zero-order chi connectivity index (χ0) is 25.3. The molecule has 0 heterocycles. The van der Waals surface area contributed by atoms with Gasteiger partial charge in [0.2, 0.25) is 0 Å². The van der Waals surface area contributed by atoms with E-state index < -0.39 is 11.7 Å². The molecule has 0 aliphatic carbocycles. The molecule has 0 radical (unpaired) electrons. The molecule has 34 heavy (non-hydrogen) atoms. The van der Waals surface area contributed by atoms with Crippen molar-refractivity contribution in [3.05, 3.63) is 62.6 Å². The van der Waals surface area contributed by atoms with E-state index in [-0.39, 0.29) is 18.3 Å². The summed E-state index contributed by atoms with van der Waals surface area (Å²) in [5.41, 5.74) is 2.42. The molecule has 0 spiro atoms. The molecular formula is C26H33BrClNO5. The van der Waals surface area contributed by atoms with Gasteiger partial charge in [0.25, 0.3) is 0 Å². The highest BCUT2D eigenvalue weighted by Crippen LogP contribution is 2.30. The van der Waals surface area contributed by atoms with Crippen LogP contribution in [0.1, 0.15) is 56.7 Å². The van der Waals surface area contributed by atoms with Crippen LogP contribution in [0.4, 0.5) is 4.79 Å². The summed E-state index contributed by atoms with van der Waals surface area (Å²) in [5.74, 6) is 0.169.